The molecule has 0 spiro atoms. The molecule has 5 nitrogen and oxygen atoms in total. The van der Waals surface area contributed by atoms with Crippen molar-refractivity contribution in [1.82, 2.24) is 5.32 Å². The molecule has 0 saturated carbocycles. The first-order valence-electron chi connectivity index (χ1n) is 7.34. The van der Waals surface area contributed by atoms with Gasteiger partial charge in [0.1, 0.15) is 11.3 Å². The van der Waals surface area contributed by atoms with Crippen LogP contribution in [0.2, 0.25) is 10.0 Å². The quantitative estimate of drug-likeness (QED) is 0.548. The third-order valence-electron chi connectivity index (χ3n) is 3.91. The van der Waals surface area contributed by atoms with Crippen LogP contribution in [0.25, 0.3) is 0 Å². The Morgan fingerprint density at radius 2 is 2.13 bits per heavy atom. The lowest BCUT2D eigenvalue weighted by molar-refractivity contribution is -0.116. The predicted molar refractivity (Wildman–Crippen MR) is 94.2 cm³/mol. The molecular formula is C16H19Cl2N3O2. The molecule has 1 aromatic rings. The Bertz CT molecular complexity index is 686. The van der Waals surface area contributed by atoms with Crippen LogP contribution in [0.1, 0.15) is 27.2 Å². The lowest BCUT2D eigenvalue weighted by atomic mass is 9.97. The Morgan fingerprint density at radius 3 is 2.74 bits per heavy atom. The minimum Gasteiger partial charge on any atom is -0.509 e. The van der Waals surface area contributed by atoms with Gasteiger partial charge in [-0.25, -0.2) is 0 Å². The number of hydrogen-bond acceptors (Lipinski definition) is 4. The molecule has 124 valence electrons. The van der Waals surface area contributed by atoms with Gasteiger partial charge in [0, 0.05) is 0 Å². The highest BCUT2D eigenvalue weighted by atomic mass is 35.5. The summed E-state index contributed by atoms with van der Waals surface area (Å²) in [6.45, 7) is 5.65. The Labute approximate surface area is 145 Å². The largest absolute Gasteiger partial charge is 0.509 e. The van der Waals surface area contributed by atoms with Gasteiger partial charge in [-0.2, -0.15) is 5.10 Å². The number of benzene rings is 1. The van der Waals surface area contributed by atoms with Crippen LogP contribution in [0, 0.1) is 5.92 Å². The van der Waals surface area contributed by atoms with Crippen molar-refractivity contribution in [2.45, 2.75) is 33.2 Å². The van der Waals surface area contributed by atoms with Gasteiger partial charge in [-0.05, 0) is 31.0 Å². The lowest BCUT2D eigenvalue weighted by Crippen LogP contribution is -2.34. The molecule has 2 rings (SSSR count). The second kappa shape index (κ2) is 7.23. The third-order valence-corrected chi connectivity index (χ3v) is 4.65. The van der Waals surface area contributed by atoms with Crippen LogP contribution < -0.4 is 10.7 Å². The van der Waals surface area contributed by atoms with E-state index in [4.69, 9.17) is 23.2 Å². The summed E-state index contributed by atoms with van der Waals surface area (Å²) >= 11 is 11.8. The topological polar surface area (TPSA) is 73.7 Å². The van der Waals surface area contributed by atoms with Gasteiger partial charge in [0.2, 0.25) is 0 Å². The van der Waals surface area contributed by atoms with Crippen molar-refractivity contribution in [2.24, 2.45) is 11.0 Å². The number of nitrogens with zero attached hydrogens (tertiary/aromatic N) is 1. The monoisotopic (exact) mass is 355 g/mol. The maximum absolute atomic E-state index is 12.1. The summed E-state index contributed by atoms with van der Waals surface area (Å²) in [7, 11) is 0. The molecular weight excluding hydrogens is 337 g/mol. The van der Waals surface area contributed by atoms with E-state index in [0.29, 0.717) is 21.4 Å². The highest BCUT2D eigenvalue weighted by Crippen LogP contribution is 2.26. The minimum absolute atomic E-state index is 0.0431. The van der Waals surface area contributed by atoms with Gasteiger partial charge in [-0.3, -0.25) is 10.2 Å². The van der Waals surface area contributed by atoms with E-state index in [1.165, 1.54) is 0 Å². The highest BCUT2D eigenvalue weighted by Gasteiger charge is 2.35. The zero-order chi connectivity index (χ0) is 17.1. The summed E-state index contributed by atoms with van der Waals surface area (Å²) in [6.07, 6.45) is 0.847. The maximum atomic E-state index is 12.1. The van der Waals surface area contributed by atoms with Crippen LogP contribution in [0.15, 0.2) is 34.6 Å². The fourth-order valence-electron chi connectivity index (χ4n) is 2.32. The number of amides is 1. The molecule has 0 radical (unpaired) electrons. The molecule has 1 aromatic carbocycles. The zero-order valence-corrected chi connectivity index (χ0v) is 14.7. The first kappa shape index (κ1) is 17.6. The number of hydrogen-bond donors (Lipinski definition) is 3. The van der Waals surface area contributed by atoms with E-state index in [1.807, 2.05) is 13.8 Å². The number of nitrogens with one attached hydrogen (secondary N) is 2. The van der Waals surface area contributed by atoms with Crippen molar-refractivity contribution < 1.29 is 9.90 Å². The summed E-state index contributed by atoms with van der Waals surface area (Å²) < 4.78 is 0. The van der Waals surface area contributed by atoms with Crippen molar-refractivity contribution in [3.8, 4) is 0 Å². The second-order valence-corrected chi connectivity index (χ2v) is 6.35. The van der Waals surface area contributed by atoms with E-state index < -0.39 is 0 Å². The molecule has 1 amide bonds. The molecule has 7 heteroatoms. The van der Waals surface area contributed by atoms with E-state index in [0.717, 1.165) is 6.42 Å². The Balaban J connectivity index is 2.21. The first-order chi connectivity index (χ1) is 10.8. The van der Waals surface area contributed by atoms with E-state index in [1.54, 1.807) is 25.1 Å². The average Bonchev–Trinajstić information content (AvgIpc) is 2.82. The molecule has 3 N–H and O–H groups in total. The minimum atomic E-state index is -0.363. The Morgan fingerprint density at radius 1 is 1.43 bits per heavy atom. The molecule has 2 atom stereocenters. The van der Waals surface area contributed by atoms with E-state index in [-0.39, 0.29) is 29.2 Å². The number of carbonyl (C=O) groups excluding carboxylic acids is 1. The SMILES string of the molecule is CC[C@H](C)[C@H]1NC(=O)C(C(C)=NNc2ccc(Cl)c(Cl)c2)=C1O. The summed E-state index contributed by atoms with van der Waals surface area (Å²) in [6, 6.07) is 4.63. The first-order valence-corrected chi connectivity index (χ1v) is 8.10. The van der Waals surface area contributed by atoms with Crippen molar-refractivity contribution in [1.29, 1.82) is 0 Å². The van der Waals surface area contributed by atoms with Crippen molar-refractivity contribution in [3.05, 3.63) is 39.6 Å². The van der Waals surface area contributed by atoms with Crippen molar-refractivity contribution >= 4 is 40.5 Å². The summed E-state index contributed by atoms with van der Waals surface area (Å²) in [5.74, 6) is -0.126. The van der Waals surface area contributed by atoms with Crippen LogP contribution in [0.5, 0.6) is 0 Å². The Hall–Kier alpha value is -1.72. The van der Waals surface area contributed by atoms with Gasteiger partial charge in [-0.15, -0.1) is 0 Å². The van der Waals surface area contributed by atoms with Crippen LogP contribution in [0.3, 0.4) is 0 Å². The van der Waals surface area contributed by atoms with Crippen LogP contribution in [0.4, 0.5) is 5.69 Å². The molecule has 1 aliphatic rings. The van der Waals surface area contributed by atoms with Gasteiger partial charge >= 0.3 is 0 Å². The molecule has 0 aromatic heterocycles. The van der Waals surface area contributed by atoms with Crippen LogP contribution >= 0.6 is 23.2 Å². The third kappa shape index (κ3) is 3.79. The van der Waals surface area contributed by atoms with E-state index in [2.05, 4.69) is 15.8 Å². The lowest BCUT2D eigenvalue weighted by Gasteiger charge is -2.17. The van der Waals surface area contributed by atoms with Crippen LogP contribution in [-0.2, 0) is 4.79 Å². The maximum Gasteiger partial charge on any atom is 0.257 e. The van der Waals surface area contributed by atoms with Gasteiger partial charge < -0.3 is 10.4 Å². The number of hydrazone groups is 1. The number of rotatable bonds is 5. The second-order valence-electron chi connectivity index (χ2n) is 5.53. The molecule has 0 aliphatic carbocycles. The number of anilines is 1. The number of aliphatic hydroxyl groups excluding tert-OH is 1. The molecule has 0 saturated heterocycles. The van der Waals surface area contributed by atoms with Crippen molar-refractivity contribution in [3.63, 3.8) is 0 Å². The van der Waals surface area contributed by atoms with Gasteiger partial charge in [-0.1, -0.05) is 43.5 Å². The van der Waals surface area contributed by atoms with Crippen molar-refractivity contribution in [2.75, 3.05) is 5.43 Å². The molecule has 1 heterocycles. The fourth-order valence-corrected chi connectivity index (χ4v) is 2.62. The molecule has 0 unspecified atom stereocenters. The predicted octanol–water partition coefficient (Wildman–Crippen LogP) is 4.14. The normalized spacial score (nSPS) is 19.8. The van der Waals surface area contributed by atoms with Gasteiger partial charge in [0.25, 0.3) is 5.91 Å². The zero-order valence-electron chi connectivity index (χ0n) is 13.2. The van der Waals surface area contributed by atoms with Gasteiger partial charge in [0.15, 0.2) is 0 Å². The summed E-state index contributed by atoms with van der Waals surface area (Å²) in [5.41, 5.74) is 4.05. The molecule has 0 bridgehead atoms. The number of carbonyl (C=O) groups is 1. The molecule has 1 aliphatic heterocycles. The van der Waals surface area contributed by atoms with Crippen LogP contribution in [-0.4, -0.2) is 22.8 Å². The molecule has 0 fully saturated rings. The van der Waals surface area contributed by atoms with E-state index >= 15 is 0 Å². The van der Waals surface area contributed by atoms with E-state index in [9.17, 15) is 9.90 Å². The number of aliphatic hydroxyl groups is 1. The highest BCUT2D eigenvalue weighted by molar-refractivity contribution is 6.42. The Kier molecular flexibility index (Phi) is 5.55. The standard InChI is InChI=1S/C16H19Cl2N3O2/c1-4-8(2)14-15(22)13(16(23)19-14)9(3)20-21-10-5-6-11(17)12(18)7-10/h5-8,14,21-22H,4H2,1-3H3,(H,19,23)/t8-,14+/m0/s1. The summed E-state index contributed by atoms with van der Waals surface area (Å²) in [5, 5.41) is 18.1. The van der Waals surface area contributed by atoms with Gasteiger partial charge in [0.05, 0.1) is 27.5 Å². The number of halogens is 2. The fraction of sp³-hybridized carbons (Fsp3) is 0.375. The molecule has 23 heavy (non-hydrogen) atoms. The smallest absolute Gasteiger partial charge is 0.257 e. The summed E-state index contributed by atoms with van der Waals surface area (Å²) in [4.78, 5) is 12.1. The average molecular weight is 356 g/mol.